The van der Waals surface area contributed by atoms with Crippen molar-refractivity contribution in [3.8, 4) is 0 Å². The Balaban J connectivity index is 2.57. The first kappa shape index (κ1) is 25.0. The molecule has 0 N–H and O–H groups in total. The molecule has 0 aliphatic carbocycles. The van der Waals surface area contributed by atoms with Gasteiger partial charge in [0.05, 0.1) is 18.8 Å². The van der Waals surface area contributed by atoms with Gasteiger partial charge in [-0.3, -0.25) is 13.6 Å². The number of rotatable bonds is 13. The van der Waals surface area contributed by atoms with Crippen LogP contribution < -0.4 is 0 Å². The molecule has 0 unspecified atom stereocenters. The average Bonchev–Trinajstić information content (AvgIpc) is 2.99. The van der Waals surface area contributed by atoms with E-state index in [2.05, 4.69) is 18.2 Å². The normalized spacial score (nSPS) is 15.2. The molecular weight excluding hydrogens is 405 g/mol. The fourth-order valence-corrected chi connectivity index (χ4v) is 2.88. The lowest BCUT2D eigenvalue weighted by atomic mass is 10.1. The highest BCUT2D eigenvalue weighted by molar-refractivity contribution is 7.48. The Morgan fingerprint density at radius 2 is 1.48 bits per heavy atom. The molecule has 11 heteroatoms. The van der Waals surface area contributed by atoms with Crippen molar-refractivity contribution in [1.29, 1.82) is 0 Å². The maximum Gasteiger partial charge on any atom is 0.475 e. The van der Waals surface area contributed by atoms with Crippen LogP contribution in [0, 0.1) is 0 Å². The van der Waals surface area contributed by atoms with E-state index in [1.807, 2.05) is 13.8 Å². The summed E-state index contributed by atoms with van der Waals surface area (Å²) in [5.41, 5.74) is 0.0378. The molecule has 1 rings (SSSR count). The number of hydrogen-bond donors (Lipinski definition) is 0. The third-order valence-electron chi connectivity index (χ3n) is 3.19. The van der Waals surface area contributed by atoms with Crippen molar-refractivity contribution >= 4 is 25.7 Å². The summed E-state index contributed by atoms with van der Waals surface area (Å²) < 4.78 is 43.5. The van der Waals surface area contributed by atoms with Gasteiger partial charge in [0.25, 0.3) is 0 Å². The summed E-state index contributed by atoms with van der Waals surface area (Å²) in [6.45, 7) is 12.9. The lowest BCUT2D eigenvalue weighted by molar-refractivity contribution is -0.140. The van der Waals surface area contributed by atoms with E-state index in [1.54, 1.807) is 0 Å². The third kappa shape index (κ3) is 9.85. The van der Waals surface area contributed by atoms with Gasteiger partial charge in [0.2, 0.25) is 5.90 Å². The highest BCUT2D eigenvalue weighted by Gasteiger charge is 2.31. The number of phosphoric acid groups is 1. The molecule has 0 amide bonds. The van der Waals surface area contributed by atoms with Gasteiger partial charge in [-0.1, -0.05) is 13.2 Å². The Kier molecular flexibility index (Phi) is 9.72. The maximum atomic E-state index is 12.8. The highest BCUT2D eigenvalue weighted by atomic mass is 31.2. The molecule has 1 aliphatic heterocycles. The van der Waals surface area contributed by atoms with Gasteiger partial charge in [-0.05, 0) is 27.7 Å². The Bertz CT molecular complexity index is 676. The Morgan fingerprint density at radius 3 is 1.86 bits per heavy atom. The molecular formula is C18H28NO9P. The van der Waals surface area contributed by atoms with Gasteiger partial charge in [-0.2, -0.15) is 0 Å². The Morgan fingerprint density at radius 1 is 1.00 bits per heavy atom. The first-order chi connectivity index (χ1) is 13.4. The molecule has 164 valence electrons. The number of phosphoric ester groups is 1. The predicted molar refractivity (Wildman–Crippen MR) is 104 cm³/mol. The fourth-order valence-electron chi connectivity index (χ4n) is 1.80. The van der Waals surface area contributed by atoms with Gasteiger partial charge in [0, 0.05) is 11.1 Å². The number of hydrogen-bond acceptors (Lipinski definition) is 10. The minimum atomic E-state index is -4.07. The molecule has 0 radical (unpaired) electrons. The first-order valence-electron chi connectivity index (χ1n) is 8.84. The average molecular weight is 433 g/mol. The van der Waals surface area contributed by atoms with Gasteiger partial charge < -0.3 is 14.2 Å². The lowest BCUT2D eigenvalue weighted by Gasteiger charge is -2.18. The van der Waals surface area contributed by atoms with Crippen LogP contribution in [-0.2, 0) is 41.9 Å². The van der Waals surface area contributed by atoms with Crippen LogP contribution >= 0.6 is 7.82 Å². The van der Waals surface area contributed by atoms with E-state index in [-0.39, 0.29) is 50.1 Å². The number of esters is 2. The zero-order valence-electron chi connectivity index (χ0n) is 17.2. The highest BCUT2D eigenvalue weighted by Crippen LogP contribution is 2.49. The van der Waals surface area contributed by atoms with Crippen LogP contribution in [0.1, 0.15) is 27.7 Å². The molecule has 0 aromatic rings. The van der Waals surface area contributed by atoms with E-state index in [0.29, 0.717) is 6.61 Å². The van der Waals surface area contributed by atoms with Gasteiger partial charge in [-0.15, -0.1) is 0 Å². The number of aliphatic imine (C=N–C) groups is 1. The zero-order chi connectivity index (χ0) is 22.1. The number of ether oxygens (including phenoxy) is 3. The number of carbonyl (C=O) groups is 2. The summed E-state index contributed by atoms with van der Waals surface area (Å²) in [4.78, 5) is 27.0. The maximum absolute atomic E-state index is 12.8. The molecule has 0 atom stereocenters. The van der Waals surface area contributed by atoms with E-state index in [1.165, 1.54) is 13.8 Å². The van der Waals surface area contributed by atoms with E-state index in [9.17, 15) is 14.2 Å². The molecule has 0 spiro atoms. The van der Waals surface area contributed by atoms with E-state index in [4.69, 9.17) is 27.8 Å². The summed E-state index contributed by atoms with van der Waals surface area (Å²) in [5, 5.41) is 0. The number of nitrogens with zero attached hydrogens (tertiary/aromatic N) is 1. The van der Waals surface area contributed by atoms with Crippen LogP contribution in [0.4, 0.5) is 0 Å². The second-order valence-electron chi connectivity index (χ2n) is 6.83. The summed E-state index contributed by atoms with van der Waals surface area (Å²) in [6.07, 6.45) is 0. The van der Waals surface area contributed by atoms with E-state index >= 15 is 0 Å². The largest absolute Gasteiger partial charge is 0.477 e. The molecule has 0 aromatic heterocycles. The summed E-state index contributed by atoms with van der Waals surface area (Å²) in [7, 11) is -4.07. The van der Waals surface area contributed by atoms with Gasteiger partial charge >= 0.3 is 19.8 Å². The quantitative estimate of drug-likeness (QED) is 0.187. The molecule has 0 saturated heterocycles. The first-order valence-corrected chi connectivity index (χ1v) is 10.3. The summed E-state index contributed by atoms with van der Waals surface area (Å²) >= 11 is 0. The topological polar surface area (TPSA) is 119 Å². The van der Waals surface area contributed by atoms with Gasteiger partial charge in [0.15, 0.2) is 0 Å². The van der Waals surface area contributed by atoms with E-state index < -0.39 is 25.3 Å². The van der Waals surface area contributed by atoms with Crippen LogP contribution in [0.15, 0.2) is 29.3 Å². The van der Waals surface area contributed by atoms with Crippen molar-refractivity contribution in [3.63, 3.8) is 0 Å². The lowest BCUT2D eigenvalue weighted by Crippen LogP contribution is -2.17. The minimum absolute atomic E-state index is 0.183. The second-order valence-corrected chi connectivity index (χ2v) is 8.50. The van der Waals surface area contributed by atoms with Crippen molar-refractivity contribution < 1.29 is 41.9 Å². The van der Waals surface area contributed by atoms with Crippen LogP contribution in [0.5, 0.6) is 0 Å². The monoisotopic (exact) mass is 433 g/mol. The van der Waals surface area contributed by atoms with E-state index in [0.717, 1.165) is 0 Å². The van der Waals surface area contributed by atoms with Gasteiger partial charge in [-0.25, -0.2) is 19.1 Å². The second kappa shape index (κ2) is 11.3. The molecule has 1 heterocycles. The van der Waals surface area contributed by atoms with Crippen LogP contribution in [0.25, 0.3) is 0 Å². The third-order valence-corrected chi connectivity index (χ3v) is 4.64. The molecule has 1 aliphatic rings. The fraction of sp³-hybridized carbons (Fsp3) is 0.611. The standard InChI is InChI=1S/C18H28NO9P/c1-13(2)16(20)23-7-9-26-29(22,27-10-8-24-17(21)14(3)4)28-11-15-19-18(5,6)12-25-15/h1,3,7-12H2,2,4-6H3. The van der Waals surface area contributed by atoms with Crippen LogP contribution in [0.3, 0.4) is 0 Å². The Labute approximate surface area is 170 Å². The minimum Gasteiger partial charge on any atom is -0.477 e. The molecule has 29 heavy (non-hydrogen) atoms. The zero-order valence-corrected chi connectivity index (χ0v) is 18.1. The molecule has 0 bridgehead atoms. The summed E-state index contributed by atoms with van der Waals surface area (Å²) in [6, 6.07) is 0. The predicted octanol–water partition coefficient (Wildman–Crippen LogP) is 2.59. The van der Waals surface area contributed by atoms with Crippen molar-refractivity contribution in [1.82, 2.24) is 0 Å². The van der Waals surface area contributed by atoms with Crippen LogP contribution in [-0.4, -0.2) is 63.0 Å². The van der Waals surface area contributed by atoms with Crippen LogP contribution in [0.2, 0.25) is 0 Å². The molecule has 0 fully saturated rings. The van der Waals surface area contributed by atoms with Crippen molar-refractivity contribution in [2.24, 2.45) is 4.99 Å². The number of carbonyl (C=O) groups excluding carboxylic acids is 2. The smallest absolute Gasteiger partial charge is 0.475 e. The molecule has 0 saturated carbocycles. The van der Waals surface area contributed by atoms with Gasteiger partial charge in [0.1, 0.15) is 26.4 Å². The molecule has 0 aromatic carbocycles. The van der Waals surface area contributed by atoms with Crippen molar-refractivity contribution in [2.75, 3.05) is 39.6 Å². The summed E-state index contributed by atoms with van der Waals surface area (Å²) in [5.74, 6) is -0.953. The van der Waals surface area contributed by atoms with Crippen molar-refractivity contribution in [3.05, 3.63) is 24.3 Å². The SMILES string of the molecule is C=C(C)C(=O)OCCOP(=O)(OCCOC(=O)C(=C)C)OCC1=NC(C)(C)CO1. The molecule has 10 nitrogen and oxygen atoms in total. The van der Waals surface area contributed by atoms with Crippen molar-refractivity contribution in [2.45, 2.75) is 33.2 Å². The Hall–Kier alpha value is -2.00.